The van der Waals surface area contributed by atoms with E-state index in [9.17, 15) is 13.7 Å². The number of hydrogen-bond donors (Lipinski definition) is 1. The molecule has 32 heavy (non-hydrogen) atoms. The number of nitriles is 1. The van der Waals surface area contributed by atoms with Gasteiger partial charge in [-0.15, -0.1) is 0 Å². The van der Waals surface area contributed by atoms with Gasteiger partial charge in [-0.05, 0) is 75.4 Å². The molecule has 8 heteroatoms. The van der Waals surface area contributed by atoms with Crippen LogP contribution in [0.15, 0.2) is 53.7 Å². The fraction of sp³-hybridized carbons (Fsp3) is 0.292. The van der Waals surface area contributed by atoms with E-state index in [1.807, 2.05) is 29.0 Å². The second kappa shape index (κ2) is 7.12. The quantitative estimate of drug-likeness (QED) is 0.630. The molecule has 1 fully saturated rings. The number of hydrogen-bond acceptors (Lipinski definition) is 5. The zero-order valence-corrected chi connectivity index (χ0v) is 18.9. The van der Waals surface area contributed by atoms with Crippen molar-refractivity contribution in [1.29, 1.82) is 5.26 Å². The summed E-state index contributed by atoms with van der Waals surface area (Å²) in [4.78, 5) is 9.23. The van der Waals surface area contributed by atoms with Crippen LogP contribution in [0.3, 0.4) is 0 Å². The summed E-state index contributed by atoms with van der Waals surface area (Å²) >= 11 is 0. The Morgan fingerprint density at radius 3 is 2.47 bits per heavy atom. The van der Waals surface area contributed by atoms with Crippen molar-refractivity contribution in [2.24, 2.45) is 0 Å². The van der Waals surface area contributed by atoms with Gasteiger partial charge in [0.2, 0.25) is 10.0 Å². The Kier molecular flexibility index (Phi) is 4.59. The Labute approximate surface area is 187 Å². The van der Waals surface area contributed by atoms with E-state index in [-0.39, 0.29) is 4.90 Å². The topological polar surface area (TPSA) is 101 Å². The van der Waals surface area contributed by atoms with Crippen LogP contribution in [-0.2, 0) is 10.0 Å². The highest BCUT2D eigenvalue weighted by atomic mass is 32.2. The van der Waals surface area contributed by atoms with Crippen molar-refractivity contribution < 1.29 is 8.42 Å². The van der Waals surface area contributed by atoms with Crippen molar-refractivity contribution in [2.75, 3.05) is 0 Å². The fourth-order valence-corrected chi connectivity index (χ4v) is 5.26. The van der Waals surface area contributed by atoms with E-state index in [0.29, 0.717) is 28.5 Å². The maximum Gasteiger partial charge on any atom is 0.242 e. The minimum atomic E-state index is -3.70. The molecule has 2 aliphatic rings. The Hall–Kier alpha value is -3.28. The molecule has 2 aliphatic carbocycles. The molecule has 0 amide bonds. The van der Waals surface area contributed by atoms with Crippen LogP contribution in [0.5, 0.6) is 0 Å². The maximum absolute atomic E-state index is 12.7. The highest BCUT2D eigenvalue weighted by molar-refractivity contribution is 7.89. The third kappa shape index (κ3) is 3.53. The Morgan fingerprint density at radius 2 is 1.94 bits per heavy atom. The van der Waals surface area contributed by atoms with E-state index in [0.717, 1.165) is 29.5 Å². The molecule has 1 N–H and O–H groups in total. The number of allylic oxidation sites excluding steroid dienone is 4. The van der Waals surface area contributed by atoms with Crippen LogP contribution in [0.1, 0.15) is 50.7 Å². The largest absolute Gasteiger partial charge is 0.291 e. The SMILES string of the molecule is CC(C)(C)NS(=O)(=O)c1ccc(-c2c(C#N)c3cc(C4CC4)cnc3n2C2=CC=C2)nc1. The zero-order valence-electron chi connectivity index (χ0n) is 18.1. The van der Waals surface area contributed by atoms with Crippen LogP contribution in [0, 0.1) is 11.3 Å². The lowest BCUT2D eigenvalue weighted by molar-refractivity contribution is 0.491. The average Bonchev–Trinajstić information content (AvgIpc) is 3.48. The first-order chi connectivity index (χ1) is 15.2. The maximum atomic E-state index is 12.7. The van der Waals surface area contributed by atoms with Gasteiger partial charge in [-0.3, -0.25) is 9.55 Å². The highest BCUT2D eigenvalue weighted by Crippen LogP contribution is 2.42. The molecule has 3 aromatic heterocycles. The molecule has 0 bridgehead atoms. The molecule has 7 nitrogen and oxygen atoms in total. The lowest BCUT2D eigenvalue weighted by Crippen LogP contribution is -2.40. The molecular formula is C24H23N5O2S. The van der Waals surface area contributed by atoms with Crippen LogP contribution in [0.2, 0.25) is 0 Å². The predicted octanol–water partition coefficient (Wildman–Crippen LogP) is 4.33. The normalized spacial score (nSPS) is 16.0. The second-order valence-electron chi connectivity index (χ2n) is 9.27. The van der Waals surface area contributed by atoms with E-state index >= 15 is 0 Å². The molecule has 0 unspecified atom stereocenters. The fourth-order valence-electron chi connectivity index (χ4n) is 3.90. The number of fused-ring (bicyclic) bond motifs is 1. The molecule has 0 radical (unpaired) electrons. The molecule has 3 aromatic rings. The monoisotopic (exact) mass is 445 g/mol. The molecule has 0 saturated heterocycles. The summed E-state index contributed by atoms with van der Waals surface area (Å²) in [6.07, 6.45) is 11.4. The molecular weight excluding hydrogens is 422 g/mol. The first kappa shape index (κ1) is 20.6. The molecule has 0 aliphatic heterocycles. The molecule has 162 valence electrons. The second-order valence-corrected chi connectivity index (χ2v) is 11.0. The Morgan fingerprint density at radius 1 is 1.19 bits per heavy atom. The van der Waals surface area contributed by atoms with Crippen LogP contribution in [-0.4, -0.2) is 28.5 Å². The Balaban J connectivity index is 1.66. The smallest absolute Gasteiger partial charge is 0.242 e. The van der Waals surface area contributed by atoms with Crippen molar-refractivity contribution in [1.82, 2.24) is 19.3 Å². The molecule has 0 atom stereocenters. The first-order valence-electron chi connectivity index (χ1n) is 10.5. The van der Waals surface area contributed by atoms with Gasteiger partial charge in [0.05, 0.1) is 17.0 Å². The highest BCUT2D eigenvalue weighted by Gasteiger charge is 2.28. The lowest BCUT2D eigenvalue weighted by atomic mass is 10.1. The zero-order chi connectivity index (χ0) is 22.7. The summed E-state index contributed by atoms with van der Waals surface area (Å²) in [6.45, 7) is 5.35. The molecule has 3 heterocycles. The third-order valence-corrected chi connectivity index (χ3v) is 7.26. The average molecular weight is 446 g/mol. The van der Waals surface area contributed by atoms with Gasteiger partial charge in [0.15, 0.2) is 0 Å². The van der Waals surface area contributed by atoms with E-state index in [4.69, 9.17) is 4.98 Å². The van der Waals surface area contributed by atoms with Crippen LogP contribution < -0.4 is 4.72 Å². The number of nitrogens with one attached hydrogen (secondary N) is 1. The summed E-state index contributed by atoms with van der Waals surface area (Å²) in [5, 5.41) is 10.9. The van der Waals surface area contributed by atoms with Gasteiger partial charge < -0.3 is 0 Å². The summed E-state index contributed by atoms with van der Waals surface area (Å²) in [7, 11) is -3.70. The van der Waals surface area contributed by atoms with Gasteiger partial charge in [0, 0.05) is 29.0 Å². The molecule has 1 saturated carbocycles. The van der Waals surface area contributed by atoms with Gasteiger partial charge >= 0.3 is 0 Å². The van der Waals surface area contributed by atoms with Gasteiger partial charge in [-0.1, -0.05) is 6.08 Å². The van der Waals surface area contributed by atoms with Gasteiger partial charge in [0.1, 0.15) is 16.6 Å². The van der Waals surface area contributed by atoms with E-state index in [2.05, 4.69) is 21.8 Å². The summed E-state index contributed by atoms with van der Waals surface area (Å²) in [5.74, 6) is 0.519. The van der Waals surface area contributed by atoms with E-state index in [1.54, 1.807) is 26.8 Å². The van der Waals surface area contributed by atoms with Crippen molar-refractivity contribution in [3.63, 3.8) is 0 Å². The summed E-state index contributed by atoms with van der Waals surface area (Å²) in [5.41, 5.74) is 3.78. The van der Waals surface area contributed by atoms with Crippen LogP contribution >= 0.6 is 0 Å². The van der Waals surface area contributed by atoms with Crippen molar-refractivity contribution >= 4 is 26.8 Å². The van der Waals surface area contributed by atoms with Crippen LogP contribution in [0.4, 0.5) is 0 Å². The number of pyridine rings is 2. The van der Waals surface area contributed by atoms with Gasteiger partial charge in [-0.2, -0.15) is 5.26 Å². The number of nitrogens with zero attached hydrogens (tertiary/aromatic N) is 4. The van der Waals surface area contributed by atoms with Crippen LogP contribution in [0.25, 0.3) is 28.1 Å². The minimum Gasteiger partial charge on any atom is -0.291 e. The summed E-state index contributed by atoms with van der Waals surface area (Å²) < 4.78 is 29.9. The predicted molar refractivity (Wildman–Crippen MR) is 123 cm³/mol. The first-order valence-corrected chi connectivity index (χ1v) is 12.0. The molecule has 5 rings (SSSR count). The van der Waals surface area contributed by atoms with Crippen molar-refractivity contribution in [3.8, 4) is 17.5 Å². The molecule has 0 spiro atoms. The molecule has 0 aromatic carbocycles. The third-order valence-electron chi connectivity index (χ3n) is 5.51. The van der Waals surface area contributed by atoms with E-state index in [1.165, 1.54) is 12.3 Å². The van der Waals surface area contributed by atoms with Gasteiger partial charge in [0.25, 0.3) is 0 Å². The minimum absolute atomic E-state index is 0.0780. The van der Waals surface area contributed by atoms with Crippen molar-refractivity contribution in [3.05, 3.63) is 59.9 Å². The Bertz CT molecular complexity index is 1450. The lowest BCUT2D eigenvalue weighted by Gasteiger charge is -2.20. The number of sulfonamides is 1. The number of aromatic nitrogens is 3. The number of rotatable bonds is 5. The summed E-state index contributed by atoms with van der Waals surface area (Å²) in [6, 6.07) is 7.57. The van der Waals surface area contributed by atoms with E-state index < -0.39 is 15.6 Å². The van der Waals surface area contributed by atoms with Crippen molar-refractivity contribution in [2.45, 2.75) is 50.0 Å². The standard InChI is InChI=1S/C24H23N5O2S/c1-24(2,3)28-32(30,31)18-9-10-21(26-14-18)22-20(12-25)19-11-16(15-7-8-15)13-27-23(19)29(22)17-5-4-6-17/h4-6,9-11,13-15,28H,7-8H2,1-3H3. The van der Waals surface area contributed by atoms with Gasteiger partial charge in [-0.25, -0.2) is 18.1 Å².